The Bertz CT molecular complexity index is 1550. The number of carbonyl (C=O) groups excluding carboxylic acids is 4. The first kappa shape index (κ1) is 34.4. The summed E-state index contributed by atoms with van der Waals surface area (Å²) in [4.78, 5) is 55.4. The van der Waals surface area contributed by atoms with Crippen molar-refractivity contribution in [3.63, 3.8) is 0 Å². The highest BCUT2D eigenvalue weighted by Gasteiger charge is 2.77. The molecule has 0 aromatic heterocycles. The molecule has 3 aliphatic carbocycles. The van der Waals surface area contributed by atoms with E-state index in [1.165, 1.54) is 20.8 Å². The highest BCUT2D eigenvalue weighted by Crippen LogP contribution is 2.67. The van der Waals surface area contributed by atoms with Gasteiger partial charge >= 0.3 is 23.9 Å². The van der Waals surface area contributed by atoms with Crippen LogP contribution in [0.3, 0.4) is 0 Å². The number of fused-ring (bicyclic) bond motifs is 5. The van der Waals surface area contributed by atoms with E-state index in [9.17, 15) is 29.8 Å². The molecule has 1 heterocycles. The summed E-state index contributed by atoms with van der Waals surface area (Å²) in [7, 11) is 0. The molecule has 0 unspecified atom stereocenters. The second kappa shape index (κ2) is 11.9. The number of benzene rings is 1. The zero-order valence-corrected chi connectivity index (χ0v) is 28.0. The minimum absolute atomic E-state index is 0.0869. The molecule has 5 rings (SSSR count). The van der Waals surface area contributed by atoms with E-state index in [0.29, 0.717) is 17.6 Å². The fourth-order valence-corrected chi connectivity index (χ4v) is 9.01. The molecule has 1 aliphatic heterocycles. The van der Waals surface area contributed by atoms with Gasteiger partial charge in [0.25, 0.3) is 0 Å². The Hall–Kier alpha value is -3.93. The number of carbonyl (C=O) groups is 4. The fraction of sp³-hybridized carbons (Fsp3) is 0.647. The third-order valence-electron chi connectivity index (χ3n) is 11.4. The normalized spacial score (nSPS) is 38.4. The minimum Gasteiger partial charge on any atom is -0.458 e. The molecule has 1 saturated heterocycles. The second-order valence-electron chi connectivity index (χ2n) is 14.1. The Morgan fingerprint density at radius 1 is 1.00 bits per heavy atom. The van der Waals surface area contributed by atoms with Crippen molar-refractivity contribution >= 4 is 23.9 Å². The summed E-state index contributed by atoms with van der Waals surface area (Å²) in [6.07, 6.45) is -4.21. The van der Waals surface area contributed by atoms with E-state index < -0.39 is 82.3 Å². The topological polar surface area (TPSA) is 183 Å². The van der Waals surface area contributed by atoms with Crippen LogP contribution in [-0.4, -0.2) is 77.3 Å². The van der Waals surface area contributed by atoms with E-state index >= 15 is 0 Å². The minimum atomic E-state index is -2.03. The van der Waals surface area contributed by atoms with Crippen LogP contribution in [-0.2, 0) is 38.1 Å². The average molecular weight is 654 g/mol. The number of rotatable bonds is 6. The Labute approximate surface area is 273 Å². The van der Waals surface area contributed by atoms with E-state index in [2.05, 4.69) is 10.0 Å². The van der Waals surface area contributed by atoms with Gasteiger partial charge < -0.3 is 28.8 Å². The summed E-state index contributed by atoms with van der Waals surface area (Å²) in [5.74, 6) is -4.09. The predicted molar refractivity (Wildman–Crippen MR) is 165 cm³/mol. The summed E-state index contributed by atoms with van der Waals surface area (Å²) in [5, 5.41) is 17.7. The third-order valence-corrected chi connectivity index (χ3v) is 11.4. The van der Waals surface area contributed by atoms with Crippen LogP contribution in [0.15, 0.2) is 46.6 Å². The van der Waals surface area contributed by atoms with Crippen LogP contribution < -0.4 is 0 Å². The monoisotopic (exact) mass is 653 g/mol. The smallest absolute Gasteiger partial charge is 0.338 e. The molecule has 1 N–H and O–H groups in total. The van der Waals surface area contributed by atoms with Crippen LogP contribution in [0.25, 0.3) is 10.4 Å². The Morgan fingerprint density at radius 2 is 1.64 bits per heavy atom. The molecule has 1 aromatic carbocycles. The van der Waals surface area contributed by atoms with Gasteiger partial charge in [0, 0.05) is 43.4 Å². The Balaban J connectivity index is 1.91. The zero-order chi connectivity index (χ0) is 34.7. The van der Waals surface area contributed by atoms with Crippen LogP contribution >= 0.6 is 0 Å². The van der Waals surface area contributed by atoms with Crippen molar-refractivity contribution in [3.05, 3.63) is 57.5 Å². The molecule has 1 aromatic rings. The largest absolute Gasteiger partial charge is 0.458 e. The maximum atomic E-state index is 14.0. The van der Waals surface area contributed by atoms with Gasteiger partial charge in [0.15, 0.2) is 5.60 Å². The number of hydrogen-bond donors (Lipinski definition) is 1. The quantitative estimate of drug-likeness (QED) is 0.114. The van der Waals surface area contributed by atoms with Gasteiger partial charge in [0.1, 0.15) is 30.0 Å². The number of esters is 4. The lowest BCUT2D eigenvalue weighted by Crippen LogP contribution is -2.81. The van der Waals surface area contributed by atoms with Gasteiger partial charge in [0.05, 0.1) is 18.2 Å². The lowest BCUT2D eigenvalue weighted by molar-refractivity contribution is -0.349. The number of aliphatic hydroxyl groups is 1. The molecule has 10 atom stereocenters. The maximum absolute atomic E-state index is 14.0. The third kappa shape index (κ3) is 5.19. The Kier molecular flexibility index (Phi) is 8.75. The lowest BCUT2D eigenvalue weighted by atomic mass is 9.42. The fourth-order valence-electron chi connectivity index (χ4n) is 9.01. The van der Waals surface area contributed by atoms with Gasteiger partial charge in [-0.2, -0.15) is 0 Å². The van der Waals surface area contributed by atoms with Crippen molar-refractivity contribution in [2.75, 3.05) is 6.61 Å². The van der Waals surface area contributed by atoms with E-state index in [4.69, 9.17) is 23.7 Å². The SMILES string of the molecule is CC(=O)O[C@H]1C[C@@]2(O)[C@@H](OC(=O)c3ccccc3)[C@@H]3[C@]4(OC(C)=O)CO[C@@H]4C[C@H](C)[C@@]3(C)[C@@H](N=[N+]=[N-])[C@H](OC(C)=O)C(=C1C)C2(C)C. The Morgan fingerprint density at radius 3 is 2.17 bits per heavy atom. The first-order valence-corrected chi connectivity index (χ1v) is 15.8. The van der Waals surface area contributed by atoms with Crippen LogP contribution in [0.2, 0.25) is 0 Å². The lowest BCUT2D eigenvalue weighted by Gasteiger charge is -2.69. The molecular weight excluding hydrogens is 610 g/mol. The van der Waals surface area contributed by atoms with E-state index in [-0.39, 0.29) is 24.5 Å². The van der Waals surface area contributed by atoms with Crippen molar-refractivity contribution in [1.82, 2.24) is 0 Å². The number of hydrogen-bond acceptors (Lipinski definition) is 11. The standard InChI is InChI=1S/C34H43N3O10/c1-17-14-24-33(16-43-24,47-21(5)40)27-29(46-30(41)22-12-10-9-11-13-22)34(42)15-23(44-19(3)38)18(2)25(31(34,6)7)26(45-20(4)39)28(36-37-35)32(17,27)8/h9-13,17,23-24,26-29,42H,14-16H2,1-8H3/t17-,23-,24+,26+,27-,28-,29-,32+,33-,34+/m0/s1. The first-order valence-electron chi connectivity index (χ1n) is 15.8. The molecule has 13 nitrogen and oxygen atoms in total. The molecule has 0 spiro atoms. The summed E-state index contributed by atoms with van der Waals surface area (Å²) in [6.45, 7) is 12.6. The van der Waals surface area contributed by atoms with Crippen molar-refractivity contribution in [1.29, 1.82) is 0 Å². The predicted octanol–water partition coefficient (Wildman–Crippen LogP) is 4.61. The molecule has 0 radical (unpaired) electrons. The van der Waals surface area contributed by atoms with E-state index in [0.717, 1.165) is 0 Å². The van der Waals surface area contributed by atoms with Crippen LogP contribution in [0.5, 0.6) is 0 Å². The average Bonchev–Trinajstić information content (AvgIpc) is 2.97. The van der Waals surface area contributed by atoms with E-state index in [1.54, 1.807) is 51.1 Å². The van der Waals surface area contributed by atoms with Gasteiger partial charge in [-0.15, -0.1) is 0 Å². The summed E-state index contributed by atoms with van der Waals surface area (Å²) in [5.41, 5.74) is 5.10. The van der Waals surface area contributed by atoms with E-state index in [1.807, 2.05) is 13.8 Å². The molecule has 13 heteroatoms. The summed E-state index contributed by atoms with van der Waals surface area (Å²) >= 11 is 0. The second-order valence-corrected chi connectivity index (χ2v) is 14.1. The molecule has 47 heavy (non-hydrogen) atoms. The van der Waals surface area contributed by atoms with Crippen molar-refractivity contribution in [2.24, 2.45) is 27.8 Å². The van der Waals surface area contributed by atoms with Crippen molar-refractivity contribution in [3.8, 4) is 0 Å². The molecule has 2 bridgehead atoms. The summed E-state index contributed by atoms with van der Waals surface area (Å²) in [6, 6.07) is 7.11. The van der Waals surface area contributed by atoms with Crippen LogP contribution in [0.4, 0.5) is 0 Å². The molecule has 2 saturated carbocycles. The molecule has 0 amide bonds. The van der Waals surface area contributed by atoms with Crippen molar-refractivity contribution in [2.45, 2.75) is 110 Å². The first-order chi connectivity index (χ1) is 22.0. The van der Waals surface area contributed by atoms with Crippen LogP contribution in [0.1, 0.15) is 78.6 Å². The van der Waals surface area contributed by atoms with Gasteiger partial charge in [-0.1, -0.05) is 51.0 Å². The van der Waals surface area contributed by atoms with Crippen LogP contribution in [0, 0.1) is 22.7 Å². The molecule has 254 valence electrons. The van der Waals surface area contributed by atoms with Crippen molar-refractivity contribution < 1.29 is 48.0 Å². The molecular formula is C34H43N3O10. The number of azide groups is 1. The summed E-state index contributed by atoms with van der Waals surface area (Å²) < 4.78 is 30.5. The maximum Gasteiger partial charge on any atom is 0.338 e. The molecule has 4 aliphatic rings. The van der Waals surface area contributed by atoms with Gasteiger partial charge in [-0.3, -0.25) is 14.4 Å². The van der Waals surface area contributed by atoms with Gasteiger partial charge in [0.2, 0.25) is 0 Å². The zero-order valence-electron chi connectivity index (χ0n) is 28.0. The highest BCUT2D eigenvalue weighted by atomic mass is 16.6. The highest BCUT2D eigenvalue weighted by molar-refractivity contribution is 5.89. The number of ether oxygens (including phenoxy) is 5. The molecule has 3 fully saturated rings. The number of nitrogens with zero attached hydrogens (tertiary/aromatic N) is 3. The van der Waals surface area contributed by atoms with Gasteiger partial charge in [-0.05, 0) is 53.5 Å². The van der Waals surface area contributed by atoms with Gasteiger partial charge in [-0.25, -0.2) is 4.79 Å².